The second kappa shape index (κ2) is 8.24. The van der Waals surface area contributed by atoms with Gasteiger partial charge in [-0.15, -0.1) is 11.3 Å². The smallest absolute Gasteiger partial charge is 0.253 e. The summed E-state index contributed by atoms with van der Waals surface area (Å²) in [5.74, 6) is -0.491. The third-order valence-corrected chi connectivity index (χ3v) is 6.29. The standard InChI is InChI=1S/C20H24FN3O3S/c21-16-3-1-15(2-4-16)19(25)24-7-5-20(26,6-8-24)17-14-28-18(22-17)13-23-9-11-27-12-10-23/h1-4,14,26H,5-13H2. The summed E-state index contributed by atoms with van der Waals surface area (Å²) in [5.41, 5.74) is 0.169. The molecule has 1 aromatic carbocycles. The van der Waals surface area contributed by atoms with Gasteiger partial charge in [0, 0.05) is 37.1 Å². The minimum absolute atomic E-state index is 0.131. The van der Waals surface area contributed by atoms with Gasteiger partial charge in [-0.05, 0) is 37.1 Å². The number of ether oxygens (including phenoxy) is 1. The van der Waals surface area contributed by atoms with Gasteiger partial charge in [0.2, 0.25) is 0 Å². The number of carbonyl (C=O) groups is 1. The van der Waals surface area contributed by atoms with E-state index in [4.69, 9.17) is 4.74 Å². The van der Waals surface area contributed by atoms with Gasteiger partial charge in [0.25, 0.3) is 5.91 Å². The lowest BCUT2D eigenvalue weighted by molar-refractivity contribution is -0.0242. The third-order valence-electron chi connectivity index (χ3n) is 5.46. The molecule has 2 aromatic rings. The van der Waals surface area contributed by atoms with Crippen LogP contribution in [0.4, 0.5) is 4.39 Å². The molecule has 1 N–H and O–H groups in total. The Hall–Kier alpha value is -1.87. The van der Waals surface area contributed by atoms with Crippen LogP contribution < -0.4 is 0 Å². The lowest BCUT2D eigenvalue weighted by atomic mass is 9.88. The summed E-state index contributed by atoms with van der Waals surface area (Å²) < 4.78 is 18.4. The topological polar surface area (TPSA) is 65.9 Å². The number of hydrogen-bond acceptors (Lipinski definition) is 6. The summed E-state index contributed by atoms with van der Waals surface area (Å²) in [6, 6.07) is 5.57. The predicted molar refractivity (Wildman–Crippen MR) is 104 cm³/mol. The summed E-state index contributed by atoms with van der Waals surface area (Å²) in [7, 11) is 0. The zero-order valence-corrected chi connectivity index (χ0v) is 16.5. The van der Waals surface area contributed by atoms with Gasteiger partial charge in [0.05, 0.1) is 25.5 Å². The quantitative estimate of drug-likeness (QED) is 0.845. The average molecular weight is 405 g/mol. The Kier molecular flexibility index (Phi) is 5.73. The maximum Gasteiger partial charge on any atom is 0.253 e. The number of likely N-dealkylation sites (tertiary alicyclic amines) is 1. The summed E-state index contributed by atoms with van der Waals surface area (Å²) in [6.45, 7) is 4.98. The lowest BCUT2D eigenvalue weighted by Gasteiger charge is -2.37. The number of nitrogens with zero attached hydrogens (tertiary/aromatic N) is 3. The van der Waals surface area contributed by atoms with Gasteiger partial charge in [0.15, 0.2) is 0 Å². The van der Waals surface area contributed by atoms with E-state index in [0.717, 1.165) is 37.9 Å². The number of thiazole rings is 1. The fourth-order valence-corrected chi connectivity index (χ4v) is 4.59. The van der Waals surface area contributed by atoms with E-state index >= 15 is 0 Å². The molecule has 0 spiro atoms. The molecule has 0 saturated carbocycles. The second-order valence-electron chi connectivity index (χ2n) is 7.35. The van der Waals surface area contributed by atoms with Crippen LogP contribution in [-0.2, 0) is 16.9 Å². The van der Waals surface area contributed by atoms with Crippen LogP contribution in [-0.4, -0.2) is 65.2 Å². The molecule has 4 rings (SSSR count). The van der Waals surface area contributed by atoms with Crippen LogP contribution >= 0.6 is 11.3 Å². The van der Waals surface area contributed by atoms with Crippen LogP contribution in [0.1, 0.15) is 33.9 Å². The first kappa shape index (κ1) is 19.4. The Balaban J connectivity index is 1.36. The fourth-order valence-electron chi connectivity index (χ4n) is 3.66. The minimum Gasteiger partial charge on any atom is -0.383 e. The van der Waals surface area contributed by atoms with Gasteiger partial charge in [-0.25, -0.2) is 9.37 Å². The Bertz CT molecular complexity index is 812. The Morgan fingerprint density at radius 2 is 1.86 bits per heavy atom. The second-order valence-corrected chi connectivity index (χ2v) is 8.29. The van der Waals surface area contributed by atoms with Gasteiger partial charge >= 0.3 is 0 Å². The molecule has 3 heterocycles. The molecule has 1 amide bonds. The van der Waals surface area contributed by atoms with Crippen LogP contribution in [0.2, 0.25) is 0 Å². The van der Waals surface area contributed by atoms with Gasteiger partial charge in [-0.1, -0.05) is 0 Å². The van der Waals surface area contributed by atoms with Gasteiger partial charge in [-0.2, -0.15) is 0 Å². The van der Waals surface area contributed by atoms with E-state index in [1.54, 1.807) is 16.2 Å². The molecule has 0 aliphatic carbocycles. The number of piperidine rings is 1. The molecule has 2 aliphatic rings. The third kappa shape index (κ3) is 4.25. The van der Waals surface area contributed by atoms with Gasteiger partial charge < -0.3 is 14.7 Å². The molecule has 150 valence electrons. The van der Waals surface area contributed by atoms with Gasteiger partial charge in [0.1, 0.15) is 16.4 Å². The number of halogens is 1. The number of aliphatic hydroxyl groups is 1. The van der Waals surface area contributed by atoms with Crippen LogP contribution in [0.5, 0.6) is 0 Å². The monoisotopic (exact) mass is 405 g/mol. The van der Waals surface area contributed by atoms with E-state index in [9.17, 15) is 14.3 Å². The molecule has 0 unspecified atom stereocenters. The number of aromatic nitrogens is 1. The lowest BCUT2D eigenvalue weighted by Crippen LogP contribution is -2.45. The SMILES string of the molecule is O=C(c1ccc(F)cc1)N1CCC(O)(c2csc(CN3CCOCC3)n2)CC1. The predicted octanol–water partition coefficient (Wildman–Crippen LogP) is 2.24. The molecule has 2 saturated heterocycles. The van der Waals surface area contributed by atoms with Crippen molar-refractivity contribution in [2.45, 2.75) is 25.0 Å². The van der Waals surface area contributed by atoms with Crippen molar-refractivity contribution in [1.29, 1.82) is 0 Å². The van der Waals surface area contributed by atoms with E-state index in [1.165, 1.54) is 24.3 Å². The van der Waals surface area contributed by atoms with Crippen molar-refractivity contribution < 1.29 is 19.0 Å². The first-order valence-electron chi connectivity index (χ1n) is 9.56. The highest BCUT2D eigenvalue weighted by molar-refractivity contribution is 7.09. The highest BCUT2D eigenvalue weighted by Gasteiger charge is 2.37. The number of amides is 1. The van der Waals surface area contributed by atoms with E-state index in [-0.39, 0.29) is 11.7 Å². The largest absolute Gasteiger partial charge is 0.383 e. The molecule has 6 nitrogen and oxygen atoms in total. The highest BCUT2D eigenvalue weighted by Crippen LogP contribution is 2.34. The first-order chi connectivity index (χ1) is 13.5. The fraction of sp³-hybridized carbons (Fsp3) is 0.500. The molecule has 28 heavy (non-hydrogen) atoms. The normalized spacial score (nSPS) is 20.3. The molecule has 2 fully saturated rings. The van der Waals surface area contributed by atoms with Crippen LogP contribution in [0.15, 0.2) is 29.6 Å². The number of hydrogen-bond donors (Lipinski definition) is 1. The van der Waals surface area contributed by atoms with E-state index in [1.807, 2.05) is 5.38 Å². The van der Waals surface area contributed by atoms with Crippen molar-refractivity contribution in [2.75, 3.05) is 39.4 Å². The van der Waals surface area contributed by atoms with Crippen molar-refractivity contribution in [1.82, 2.24) is 14.8 Å². The average Bonchev–Trinajstić information content (AvgIpc) is 3.19. The van der Waals surface area contributed by atoms with Crippen molar-refractivity contribution in [3.05, 3.63) is 51.7 Å². The van der Waals surface area contributed by atoms with Crippen molar-refractivity contribution in [3.8, 4) is 0 Å². The number of benzene rings is 1. The zero-order valence-electron chi connectivity index (χ0n) is 15.6. The van der Waals surface area contributed by atoms with Crippen LogP contribution in [0, 0.1) is 5.82 Å². The van der Waals surface area contributed by atoms with Crippen molar-refractivity contribution in [2.24, 2.45) is 0 Å². The van der Waals surface area contributed by atoms with Crippen LogP contribution in [0.3, 0.4) is 0 Å². The number of carbonyl (C=O) groups excluding carboxylic acids is 1. The van der Waals surface area contributed by atoms with E-state index in [2.05, 4.69) is 9.88 Å². The Morgan fingerprint density at radius 1 is 1.18 bits per heavy atom. The first-order valence-corrected chi connectivity index (χ1v) is 10.4. The van der Waals surface area contributed by atoms with Crippen molar-refractivity contribution in [3.63, 3.8) is 0 Å². The Labute approximate surface area is 167 Å². The maximum absolute atomic E-state index is 13.1. The summed E-state index contributed by atoms with van der Waals surface area (Å²) in [6.07, 6.45) is 0.890. The number of rotatable bonds is 4. The molecular weight excluding hydrogens is 381 g/mol. The summed E-state index contributed by atoms with van der Waals surface area (Å²) in [4.78, 5) is 21.3. The summed E-state index contributed by atoms with van der Waals surface area (Å²) in [5, 5.41) is 14.0. The minimum atomic E-state index is -1.00. The molecule has 0 atom stereocenters. The molecule has 0 radical (unpaired) electrons. The number of morpholine rings is 1. The van der Waals surface area contributed by atoms with Crippen molar-refractivity contribution >= 4 is 17.2 Å². The van der Waals surface area contributed by atoms with E-state index in [0.29, 0.717) is 37.2 Å². The molecule has 0 bridgehead atoms. The van der Waals surface area contributed by atoms with E-state index < -0.39 is 5.60 Å². The molecule has 2 aliphatic heterocycles. The molecule has 1 aromatic heterocycles. The zero-order chi connectivity index (χ0) is 19.6. The van der Waals surface area contributed by atoms with Crippen LogP contribution in [0.25, 0.3) is 0 Å². The highest BCUT2D eigenvalue weighted by atomic mass is 32.1. The summed E-state index contributed by atoms with van der Waals surface area (Å²) >= 11 is 1.57. The molecular formula is C20H24FN3O3S. The maximum atomic E-state index is 13.1. The molecule has 8 heteroatoms. The van der Waals surface area contributed by atoms with Gasteiger partial charge in [-0.3, -0.25) is 9.69 Å². The Morgan fingerprint density at radius 3 is 2.54 bits per heavy atom.